The van der Waals surface area contributed by atoms with Crippen LogP contribution in [-0.2, 0) is 0 Å². The van der Waals surface area contributed by atoms with Crippen LogP contribution >= 0.6 is 11.8 Å². The molecule has 0 aromatic heterocycles. The molecular formula is C9H6F4S. The fourth-order valence-electron chi connectivity index (χ4n) is 0.795. The van der Waals surface area contributed by atoms with Crippen molar-refractivity contribution in [2.75, 3.05) is 0 Å². The SMILES string of the molecule is Fc1ccccc1/C=C/SC(F)(F)F. The Morgan fingerprint density at radius 1 is 1.14 bits per heavy atom. The molecular weight excluding hydrogens is 216 g/mol. The van der Waals surface area contributed by atoms with Crippen LogP contribution in [0.15, 0.2) is 29.7 Å². The van der Waals surface area contributed by atoms with Gasteiger partial charge in [0.05, 0.1) is 0 Å². The van der Waals surface area contributed by atoms with E-state index in [1.165, 1.54) is 18.2 Å². The van der Waals surface area contributed by atoms with Crippen LogP contribution < -0.4 is 0 Å². The molecule has 0 unspecified atom stereocenters. The topological polar surface area (TPSA) is 0 Å². The molecule has 0 bridgehead atoms. The van der Waals surface area contributed by atoms with Gasteiger partial charge < -0.3 is 0 Å². The zero-order valence-electron chi connectivity index (χ0n) is 6.88. The highest BCUT2D eigenvalue weighted by Crippen LogP contribution is 2.31. The standard InChI is InChI=1S/C9H6F4S/c10-8-4-2-1-3-7(8)5-6-14-9(11,12)13/h1-6H/b6-5+. The highest BCUT2D eigenvalue weighted by molar-refractivity contribution is 8.03. The van der Waals surface area contributed by atoms with Gasteiger partial charge in [-0.2, -0.15) is 13.2 Å². The molecule has 0 N–H and O–H groups in total. The molecule has 0 amide bonds. The summed E-state index contributed by atoms with van der Waals surface area (Å²) in [6.07, 6.45) is 1.09. The van der Waals surface area contributed by atoms with Crippen molar-refractivity contribution in [3.05, 3.63) is 41.1 Å². The summed E-state index contributed by atoms with van der Waals surface area (Å²) in [4.78, 5) is 0. The second kappa shape index (κ2) is 4.50. The molecule has 0 spiro atoms. The molecule has 0 aliphatic heterocycles. The molecule has 1 rings (SSSR count). The van der Waals surface area contributed by atoms with Gasteiger partial charge in [0.15, 0.2) is 0 Å². The first-order chi connectivity index (χ1) is 6.49. The van der Waals surface area contributed by atoms with Gasteiger partial charge in [-0.25, -0.2) is 4.39 Å². The Hall–Kier alpha value is -0.970. The third kappa shape index (κ3) is 3.83. The molecule has 0 atom stereocenters. The summed E-state index contributed by atoms with van der Waals surface area (Å²) in [5.41, 5.74) is -4.17. The van der Waals surface area contributed by atoms with Crippen LogP contribution in [0.25, 0.3) is 6.08 Å². The summed E-state index contributed by atoms with van der Waals surface area (Å²) >= 11 is -0.310. The molecule has 5 heteroatoms. The van der Waals surface area contributed by atoms with Crippen LogP contribution in [0.4, 0.5) is 17.6 Å². The van der Waals surface area contributed by atoms with E-state index in [2.05, 4.69) is 0 Å². The summed E-state index contributed by atoms with van der Waals surface area (Å²) in [5.74, 6) is -0.536. The van der Waals surface area contributed by atoms with E-state index in [1.54, 1.807) is 6.07 Å². The van der Waals surface area contributed by atoms with Gasteiger partial charge in [-0.05, 0) is 29.3 Å². The van der Waals surface area contributed by atoms with E-state index in [9.17, 15) is 17.6 Å². The lowest BCUT2D eigenvalue weighted by Gasteiger charge is -1.99. The summed E-state index contributed by atoms with van der Waals surface area (Å²) < 4.78 is 47.9. The first kappa shape index (κ1) is 11.1. The van der Waals surface area contributed by atoms with Crippen molar-refractivity contribution in [3.8, 4) is 0 Å². The molecule has 0 aliphatic carbocycles. The van der Waals surface area contributed by atoms with Crippen LogP contribution in [0.1, 0.15) is 5.56 Å². The average molecular weight is 222 g/mol. The van der Waals surface area contributed by atoms with Gasteiger partial charge >= 0.3 is 5.51 Å². The Kier molecular flexibility index (Phi) is 3.57. The normalized spacial score (nSPS) is 12.3. The number of thioether (sulfide) groups is 1. The third-order valence-corrected chi connectivity index (χ3v) is 1.89. The highest BCUT2D eigenvalue weighted by Gasteiger charge is 2.26. The smallest absolute Gasteiger partial charge is 0.206 e. The molecule has 0 fully saturated rings. The van der Waals surface area contributed by atoms with Gasteiger partial charge in [0, 0.05) is 5.56 Å². The zero-order chi connectivity index (χ0) is 10.6. The average Bonchev–Trinajstić information content (AvgIpc) is 2.06. The quantitative estimate of drug-likeness (QED) is 0.680. The largest absolute Gasteiger partial charge is 0.445 e. The molecule has 14 heavy (non-hydrogen) atoms. The number of halogens is 4. The maximum Gasteiger partial charge on any atom is 0.445 e. The van der Waals surface area contributed by atoms with Crippen molar-refractivity contribution < 1.29 is 17.6 Å². The maximum absolute atomic E-state index is 12.9. The number of hydrogen-bond donors (Lipinski definition) is 0. The molecule has 0 aliphatic rings. The van der Waals surface area contributed by atoms with Crippen LogP contribution in [0.5, 0.6) is 0 Å². The van der Waals surface area contributed by atoms with Gasteiger partial charge in [-0.15, -0.1) is 0 Å². The number of alkyl halides is 3. The van der Waals surface area contributed by atoms with Crippen LogP contribution in [0, 0.1) is 5.82 Å². The van der Waals surface area contributed by atoms with Gasteiger partial charge in [0.1, 0.15) is 5.82 Å². The first-order valence-corrected chi connectivity index (χ1v) is 4.52. The lowest BCUT2D eigenvalue weighted by atomic mass is 10.2. The summed E-state index contributed by atoms with van der Waals surface area (Å²) in [6, 6.07) is 5.63. The molecule has 0 saturated carbocycles. The first-order valence-electron chi connectivity index (χ1n) is 3.65. The van der Waals surface area contributed by atoms with Crippen molar-refractivity contribution in [2.24, 2.45) is 0 Å². The minimum Gasteiger partial charge on any atom is -0.206 e. The second-order valence-corrected chi connectivity index (χ2v) is 3.36. The molecule has 1 aromatic rings. The summed E-state index contributed by atoms with van der Waals surface area (Å²) in [7, 11) is 0. The summed E-state index contributed by atoms with van der Waals surface area (Å²) in [5, 5.41) is 0.818. The van der Waals surface area contributed by atoms with E-state index in [0.717, 1.165) is 11.5 Å². The molecule has 76 valence electrons. The van der Waals surface area contributed by atoms with Gasteiger partial charge in [-0.3, -0.25) is 0 Å². The molecule has 0 nitrogen and oxygen atoms in total. The van der Waals surface area contributed by atoms with E-state index in [0.29, 0.717) is 0 Å². The second-order valence-electron chi connectivity index (χ2n) is 2.39. The van der Waals surface area contributed by atoms with Crippen LogP contribution in [0.2, 0.25) is 0 Å². The van der Waals surface area contributed by atoms with Gasteiger partial charge in [-0.1, -0.05) is 18.2 Å². The van der Waals surface area contributed by atoms with Crippen molar-refractivity contribution in [1.29, 1.82) is 0 Å². The Bertz CT molecular complexity index is 330. The van der Waals surface area contributed by atoms with Crippen molar-refractivity contribution in [2.45, 2.75) is 5.51 Å². The monoisotopic (exact) mass is 222 g/mol. The van der Waals surface area contributed by atoms with Gasteiger partial charge in [0.2, 0.25) is 0 Å². The number of benzene rings is 1. The van der Waals surface area contributed by atoms with Crippen LogP contribution in [0.3, 0.4) is 0 Å². The minimum absolute atomic E-state index is 0.143. The molecule has 0 heterocycles. The summed E-state index contributed by atoms with van der Waals surface area (Å²) in [6.45, 7) is 0. The zero-order valence-corrected chi connectivity index (χ0v) is 7.70. The van der Waals surface area contributed by atoms with E-state index >= 15 is 0 Å². The molecule has 0 radical (unpaired) electrons. The fourth-order valence-corrected chi connectivity index (χ4v) is 1.16. The predicted octanol–water partition coefficient (Wildman–Crippen LogP) is 4.05. The van der Waals surface area contributed by atoms with Gasteiger partial charge in [0.25, 0.3) is 0 Å². The Balaban J connectivity index is 2.65. The third-order valence-electron chi connectivity index (χ3n) is 1.35. The van der Waals surface area contributed by atoms with Crippen molar-refractivity contribution in [3.63, 3.8) is 0 Å². The van der Waals surface area contributed by atoms with Crippen molar-refractivity contribution >= 4 is 17.8 Å². The Labute approximate surface area is 82.6 Å². The van der Waals surface area contributed by atoms with Crippen LogP contribution in [-0.4, -0.2) is 5.51 Å². The van der Waals surface area contributed by atoms with Crippen molar-refractivity contribution in [1.82, 2.24) is 0 Å². The van der Waals surface area contributed by atoms with E-state index in [-0.39, 0.29) is 17.3 Å². The number of rotatable bonds is 2. The maximum atomic E-state index is 12.9. The predicted molar refractivity (Wildman–Crippen MR) is 49.1 cm³/mol. The molecule has 1 aromatic carbocycles. The number of hydrogen-bond acceptors (Lipinski definition) is 1. The van der Waals surface area contributed by atoms with E-state index in [4.69, 9.17) is 0 Å². The highest BCUT2D eigenvalue weighted by atomic mass is 32.2. The Morgan fingerprint density at radius 3 is 2.36 bits per heavy atom. The van der Waals surface area contributed by atoms with E-state index in [1.807, 2.05) is 0 Å². The minimum atomic E-state index is -4.32. The Morgan fingerprint density at radius 2 is 1.79 bits per heavy atom. The van der Waals surface area contributed by atoms with E-state index < -0.39 is 11.3 Å². The lowest BCUT2D eigenvalue weighted by Crippen LogP contribution is -1.96. The lowest BCUT2D eigenvalue weighted by molar-refractivity contribution is -0.0319. The fraction of sp³-hybridized carbons (Fsp3) is 0.111. The molecule has 0 saturated heterocycles.